The van der Waals surface area contributed by atoms with Gasteiger partial charge in [-0.25, -0.2) is 0 Å². The minimum absolute atomic E-state index is 0. The zero-order chi connectivity index (χ0) is 97.2. The summed E-state index contributed by atoms with van der Waals surface area (Å²) in [7, 11) is -3.87. The van der Waals surface area contributed by atoms with Gasteiger partial charge in [0.1, 0.15) is 16.7 Å². The van der Waals surface area contributed by atoms with Gasteiger partial charge in [-0.3, -0.25) is 15.0 Å². The second kappa shape index (κ2) is 44.2. The Morgan fingerprint density at radius 3 is 0.957 bits per heavy atom. The van der Waals surface area contributed by atoms with Gasteiger partial charge >= 0.3 is 0 Å². The van der Waals surface area contributed by atoms with E-state index in [1.165, 1.54) is 21.1 Å². The Bertz CT molecular complexity index is 7610. The molecule has 0 fully saturated rings. The van der Waals surface area contributed by atoms with E-state index in [1.807, 2.05) is 224 Å². The van der Waals surface area contributed by atoms with Crippen molar-refractivity contribution in [3.05, 3.63) is 381 Å². The van der Waals surface area contributed by atoms with Crippen LogP contribution >= 0.6 is 0 Å². The van der Waals surface area contributed by atoms with E-state index >= 15 is 0 Å². The number of para-hydroxylation sites is 9. The average Bonchev–Trinajstić information content (AvgIpc) is 1.60. The molecule has 0 saturated heterocycles. The van der Waals surface area contributed by atoms with Gasteiger partial charge in [0.05, 0.1) is 91.5 Å². The van der Waals surface area contributed by atoms with E-state index in [2.05, 4.69) is 284 Å². The van der Waals surface area contributed by atoms with Gasteiger partial charge in [-0.15, -0.1) is 161 Å². The second-order valence-corrected chi connectivity index (χ2v) is 53.4. The van der Waals surface area contributed by atoms with Gasteiger partial charge in [-0.2, -0.15) is 0 Å². The maximum absolute atomic E-state index is 8.01. The van der Waals surface area contributed by atoms with Gasteiger partial charge in [0.15, 0.2) is 0 Å². The maximum Gasteiger partial charge on any atom is 0.120 e. The first-order chi connectivity index (χ1) is 66.0. The van der Waals surface area contributed by atoms with Crippen LogP contribution in [0.4, 0.5) is 0 Å². The SMILES string of the molecule is CC(C)n1c(-c2[c-]ccc3c2oc2ccccc23)nc2ccccc21.CCn1c(-c2[c-]ccc3c2oc2ccccc23)nc2ccccc21.[2H]C(C)(C)c1c[c-]c(-c2ccc([Si](C)(C)C)cn2)cc1.[2H]C(C)(C)c1c[c-]c(-c2ccc([Si](C)(C)C)cn2)cc1.[2H]C(C)(C)c1c[c-]c(-c2ccc([Si](C)(C)C)cn2)cc1.[Ir].[Ir].[Ir].[c-]1ccc2c(oc3ccccc32)c1-c1nc2ccccc2n1Cc1ccccc1. The van der Waals surface area contributed by atoms with Crippen molar-refractivity contribution in [3.63, 3.8) is 0 Å². The summed E-state index contributed by atoms with van der Waals surface area (Å²) >= 11 is 0. The largest absolute Gasteiger partial charge is 0.501 e. The topological polar surface area (TPSA) is 132 Å². The van der Waals surface area contributed by atoms with E-state index in [9.17, 15) is 0 Å². The molecule has 0 saturated carbocycles. The fourth-order valence-electron chi connectivity index (χ4n) is 16.8. The van der Waals surface area contributed by atoms with Gasteiger partial charge in [0, 0.05) is 118 Å². The van der Waals surface area contributed by atoms with E-state index in [0.29, 0.717) is 0 Å². The molecule has 0 amide bonds. The van der Waals surface area contributed by atoms with Crippen LogP contribution in [0.25, 0.3) is 167 Å². The number of furan rings is 3. The van der Waals surface area contributed by atoms with Crippen molar-refractivity contribution in [2.24, 2.45) is 0 Å². The summed E-state index contributed by atoms with van der Waals surface area (Å²) in [4.78, 5) is 28.4. The number of nitrogens with zero attached hydrogens (tertiary/aromatic N) is 9. The molecule has 0 atom stereocenters. The Morgan fingerprint density at radius 1 is 0.319 bits per heavy atom. The van der Waals surface area contributed by atoms with Crippen molar-refractivity contribution in [2.45, 2.75) is 158 Å². The molecule has 12 nitrogen and oxygen atoms in total. The molecule has 0 spiro atoms. The fraction of sp³-hybridized carbons (Fsp3) is 0.200. The predicted octanol–water partition coefficient (Wildman–Crippen LogP) is 30.5. The fourth-order valence-corrected chi connectivity index (χ4v) is 19.9. The van der Waals surface area contributed by atoms with Crippen LogP contribution in [-0.4, -0.2) is 67.8 Å². The predicted molar refractivity (Wildman–Crippen MR) is 572 cm³/mol. The minimum atomic E-state index is -1.29. The van der Waals surface area contributed by atoms with Crippen LogP contribution in [0.5, 0.6) is 0 Å². The van der Waals surface area contributed by atoms with Gasteiger partial charge in [-0.05, 0) is 114 Å². The van der Waals surface area contributed by atoms with Crippen LogP contribution in [0.3, 0.4) is 0 Å². The summed E-state index contributed by atoms with van der Waals surface area (Å²) in [5, 5.41) is 10.8. The van der Waals surface area contributed by atoms with E-state index in [4.69, 9.17) is 32.3 Å². The van der Waals surface area contributed by atoms with Crippen LogP contribution in [0.15, 0.2) is 335 Å². The van der Waals surface area contributed by atoms with Crippen molar-refractivity contribution in [1.82, 2.24) is 43.6 Å². The minimum Gasteiger partial charge on any atom is -0.501 e. The summed E-state index contributed by atoms with van der Waals surface area (Å²) in [5.74, 6) is 0.947. The molecule has 13 aromatic carbocycles. The molecule has 22 aromatic rings. The third kappa shape index (κ3) is 22.5. The summed E-state index contributed by atoms with van der Waals surface area (Å²) in [6, 6.07) is 122. The number of hydrogen-bond acceptors (Lipinski definition) is 9. The van der Waals surface area contributed by atoms with E-state index in [0.717, 1.165) is 197 Å². The molecule has 0 aliphatic rings. The molecule has 0 unspecified atom stereocenters. The summed E-state index contributed by atoms with van der Waals surface area (Å²) in [6.07, 6.45) is 5.99. The first-order valence-corrected chi connectivity index (χ1v) is 56.9. The third-order valence-corrected chi connectivity index (χ3v) is 30.6. The molecule has 703 valence electrons. The van der Waals surface area contributed by atoms with Crippen molar-refractivity contribution < 1.29 is 77.7 Å². The summed E-state index contributed by atoms with van der Waals surface area (Å²) in [6.45, 7) is 40.3. The summed E-state index contributed by atoms with van der Waals surface area (Å²) < 4.78 is 49.4. The van der Waals surface area contributed by atoms with Gasteiger partial charge in [-0.1, -0.05) is 309 Å². The molecule has 9 aromatic heterocycles. The molecular weight excluding hydrogens is 2280 g/mol. The Labute approximate surface area is 859 Å². The molecule has 0 aliphatic heterocycles. The Hall–Kier alpha value is -12.3. The Kier molecular flexibility index (Phi) is 31.2. The van der Waals surface area contributed by atoms with E-state index in [1.54, 1.807) is 0 Å². The number of benzene rings is 13. The summed E-state index contributed by atoms with van der Waals surface area (Å²) in [5.41, 5.74) is 24.2. The second-order valence-electron chi connectivity index (χ2n) is 38.2. The Morgan fingerprint density at radius 2 is 0.630 bits per heavy atom. The van der Waals surface area contributed by atoms with Crippen LogP contribution in [0.2, 0.25) is 58.9 Å². The molecule has 0 bridgehead atoms. The third-order valence-electron chi connectivity index (χ3n) is 24.5. The molecule has 3 radical (unpaired) electrons. The smallest absolute Gasteiger partial charge is 0.120 e. The first-order valence-electron chi connectivity index (χ1n) is 47.9. The molecular formula is C120H115Ir3N9O3Si3-6. The Balaban J connectivity index is 0.000000135. The quantitative estimate of drug-likeness (QED) is 0.0685. The number of hydrogen-bond donors (Lipinski definition) is 0. The number of imidazole rings is 3. The molecule has 138 heavy (non-hydrogen) atoms. The number of aromatic nitrogens is 9. The van der Waals surface area contributed by atoms with Crippen LogP contribution in [0, 0.1) is 36.4 Å². The monoisotopic (exact) mass is 2400 g/mol. The van der Waals surface area contributed by atoms with Crippen LogP contribution < -0.4 is 15.6 Å². The zero-order valence-corrected chi connectivity index (χ0v) is 91.5. The number of pyridine rings is 3. The standard InChI is InChI=1S/C26H17N2O.C22H17N2O.C21H15N2O.3C17H22NSi.3Ir/c1-2-9-18(10-3-1)17-28-23-15-6-5-14-22(23)27-26(28)21-13-8-12-20-19-11-4-7-16-24(19)29-25(20)21;1-14(2)24-19-12-5-4-11-18(19)23-22(24)17-10-7-9-16-15-8-3-6-13-20(15)25-21(16)17;1-2-23-18-12-5-4-11-17(18)22-21(23)16-10-7-9-15-14-8-3-6-13-19(14)24-20(15)16;3*1-13(2)14-6-8-15(9-7-14)17-11-10-16(12-18-17)19(3,4)5;;;/h1-12,14-16H,17H2;3-9,11-14H,1-2H3;3-9,11-13H,2H2,1H3;3*6-8,10-13H,1-5H3;;;/q6*-1;;;/i;;;3*13D;;;. The number of rotatable bonds is 16. The number of aryl methyl sites for hydroxylation is 1. The zero-order valence-electron chi connectivity index (χ0n) is 84.3. The van der Waals surface area contributed by atoms with Gasteiger partial charge in [0.25, 0.3) is 0 Å². The van der Waals surface area contributed by atoms with Crippen molar-refractivity contribution in [3.8, 4) is 67.9 Å². The average molecular weight is 2400 g/mol. The molecule has 0 aliphatic carbocycles. The molecule has 22 rings (SSSR count). The normalized spacial score (nSPS) is 12.1. The first kappa shape index (κ1) is 97.4. The van der Waals surface area contributed by atoms with Crippen LogP contribution in [0.1, 0.15) is 112 Å². The molecule has 0 N–H and O–H groups in total. The van der Waals surface area contributed by atoms with Crippen molar-refractivity contribution in [2.75, 3.05) is 0 Å². The van der Waals surface area contributed by atoms with E-state index in [-0.39, 0.29) is 66.4 Å². The van der Waals surface area contributed by atoms with E-state index < -0.39 is 41.9 Å². The van der Waals surface area contributed by atoms with Crippen molar-refractivity contribution in [1.29, 1.82) is 0 Å². The van der Waals surface area contributed by atoms with Gasteiger partial charge in [0.2, 0.25) is 0 Å². The maximum atomic E-state index is 8.01. The molecule has 9 heterocycles. The molecule has 18 heteroatoms. The van der Waals surface area contributed by atoms with Gasteiger partial charge < -0.3 is 41.9 Å². The van der Waals surface area contributed by atoms with Crippen LogP contribution in [-0.2, 0) is 73.4 Å². The van der Waals surface area contributed by atoms with Crippen molar-refractivity contribution >= 4 is 139 Å². The number of fused-ring (bicyclic) bond motifs is 12.